The minimum atomic E-state index is -0.521. The minimum absolute atomic E-state index is 0.119. The molecular weight excluding hydrogens is 267 g/mol. The van der Waals surface area contributed by atoms with Crippen LogP contribution in [0.15, 0.2) is 47.4 Å². The Balaban J connectivity index is 2.19. The molecule has 0 saturated heterocycles. The van der Waals surface area contributed by atoms with Crippen LogP contribution in [0.2, 0.25) is 0 Å². The van der Waals surface area contributed by atoms with E-state index in [0.29, 0.717) is 16.2 Å². The maximum absolute atomic E-state index is 13.4. The first-order valence-electron chi connectivity index (χ1n) is 5.48. The van der Waals surface area contributed by atoms with Crippen molar-refractivity contribution in [1.82, 2.24) is 0 Å². The van der Waals surface area contributed by atoms with Gasteiger partial charge < -0.3 is 5.73 Å². The van der Waals surface area contributed by atoms with Gasteiger partial charge in [0.15, 0.2) is 0 Å². The number of nitrogen functional groups attached to an aromatic ring is 1. The van der Waals surface area contributed by atoms with Gasteiger partial charge in [-0.25, -0.2) is 4.39 Å². The standard InChI is InChI=1S/C13H11FN2O2S/c14-10-5-1-2-7-12(10)19-8-9-4-3-6-11(13(9)15)16(17)18/h1-7H,8,15H2. The van der Waals surface area contributed by atoms with Crippen molar-refractivity contribution in [3.63, 3.8) is 0 Å². The van der Waals surface area contributed by atoms with Crippen LogP contribution < -0.4 is 5.73 Å². The average Bonchev–Trinajstić information content (AvgIpc) is 2.39. The molecule has 2 aromatic rings. The highest BCUT2D eigenvalue weighted by atomic mass is 32.2. The zero-order valence-electron chi connectivity index (χ0n) is 9.88. The van der Waals surface area contributed by atoms with Crippen molar-refractivity contribution < 1.29 is 9.31 Å². The lowest BCUT2D eigenvalue weighted by molar-refractivity contribution is -0.383. The average molecular weight is 278 g/mol. The highest BCUT2D eigenvalue weighted by Gasteiger charge is 2.14. The molecule has 0 amide bonds. The van der Waals surface area contributed by atoms with Crippen molar-refractivity contribution in [2.75, 3.05) is 5.73 Å². The van der Waals surface area contributed by atoms with Crippen LogP contribution in [-0.2, 0) is 5.75 Å². The number of rotatable bonds is 4. The Morgan fingerprint density at radius 2 is 1.95 bits per heavy atom. The number of anilines is 1. The van der Waals surface area contributed by atoms with Gasteiger partial charge in [0.05, 0.1) is 4.92 Å². The second kappa shape index (κ2) is 5.71. The van der Waals surface area contributed by atoms with Crippen molar-refractivity contribution in [2.24, 2.45) is 0 Å². The summed E-state index contributed by atoms with van der Waals surface area (Å²) >= 11 is 1.26. The molecule has 0 aliphatic carbocycles. The molecule has 0 aliphatic heterocycles. The third-order valence-corrected chi connectivity index (χ3v) is 3.69. The van der Waals surface area contributed by atoms with Gasteiger partial charge in [0.2, 0.25) is 0 Å². The molecule has 0 unspecified atom stereocenters. The highest BCUT2D eigenvalue weighted by molar-refractivity contribution is 7.98. The lowest BCUT2D eigenvalue weighted by Crippen LogP contribution is -1.99. The van der Waals surface area contributed by atoms with Gasteiger partial charge in [-0.3, -0.25) is 10.1 Å². The first-order chi connectivity index (χ1) is 9.09. The molecule has 2 N–H and O–H groups in total. The molecule has 0 heterocycles. The molecule has 98 valence electrons. The summed E-state index contributed by atoms with van der Waals surface area (Å²) in [7, 11) is 0. The number of nitro benzene ring substituents is 1. The summed E-state index contributed by atoms with van der Waals surface area (Å²) < 4.78 is 13.4. The van der Waals surface area contributed by atoms with Gasteiger partial charge in [0.25, 0.3) is 5.69 Å². The first-order valence-corrected chi connectivity index (χ1v) is 6.47. The van der Waals surface area contributed by atoms with E-state index in [9.17, 15) is 14.5 Å². The Labute approximate surface area is 113 Å². The van der Waals surface area contributed by atoms with E-state index in [1.807, 2.05) is 0 Å². The molecule has 0 aliphatic rings. The molecule has 0 atom stereocenters. The molecular formula is C13H11FN2O2S. The number of halogens is 1. The lowest BCUT2D eigenvalue weighted by Gasteiger charge is -2.06. The maximum Gasteiger partial charge on any atom is 0.292 e. The zero-order valence-corrected chi connectivity index (χ0v) is 10.7. The summed E-state index contributed by atoms with van der Waals surface area (Å²) in [4.78, 5) is 10.7. The SMILES string of the molecule is Nc1c(CSc2ccccc2F)cccc1[N+](=O)[O-]. The van der Waals surface area contributed by atoms with E-state index in [1.165, 1.54) is 23.9 Å². The Hall–Kier alpha value is -2.08. The van der Waals surface area contributed by atoms with Gasteiger partial charge in [-0.1, -0.05) is 24.3 Å². The maximum atomic E-state index is 13.4. The number of nitrogens with zero attached hydrogens (tertiary/aromatic N) is 1. The van der Waals surface area contributed by atoms with E-state index in [1.54, 1.807) is 30.3 Å². The molecule has 0 fully saturated rings. The molecule has 0 bridgehead atoms. The molecule has 0 aromatic heterocycles. The largest absolute Gasteiger partial charge is 0.393 e. The van der Waals surface area contributed by atoms with Crippen LogP contribution >= 0.6 is 11.8 Å². The third-order valence-electron chi connectivity index (χ3n) is 2.59. The van der Waals surface area contributed by atoms with Crippen molar-refractivity contribution >= 4 is 23.1 Å². The number of nitrogens with two attached hydrogens (primary N) is 1. The molecule has 0 saturated carbocycles. The number of thioether (sulfide) groups is 1. The van der Waals surface area contributed by atoms with E-state index >= 15 is 0 Å². The highest BCUT2D eigenvalue weighted by Crippen LogP contribution is 2.31. The van der Waals surface area contributed by atoms with Crippen LogP contribution in [0.5, 0.6) is 0 Å². The van der Waals surface area contributed by atoms with Crippen LogP contribution in [-0.4, -0.2) is 4.92 Å². The van der Waals surface area contributed by atoms with Gasteiger partial charge in [0.1, 0.15) is 11.5 Å². The van der Waals surface area contributed by atoms with Gasteiger partial charge in [0, 0.05) is 16.7 Å². The van der Waals surface area contributed by atoms with E-state index < -0.39 is 4.92 Å². The summed E-state index contributed by atoms with van der Waals surface area (Å²) in [6.45, 7) is 0. The van der Waals surface area contributed by atoms with Crippen LogP contribution in [0.1, 0.15) is 5.56 Å². The molecule has 0 spiro atoms. The second-order valence-corrected chi connectivity index (χ2v) is 4.84. The predicted octanol–water partition coefficient (Wildman–Crippen LogP) is 3.61. The van der Waals surface area contributed by atoms with Gasteiger partial charge in [-0.15, -0.1) is 11.8 Å². The Bertz CT molecular complexity index is 619. The molecule has 19 heavy (non-hydrogen) atoms. The number of hydrogen-bond acceptors (Lipinski definition) is 4. The Morgan fingerprint density at radius 1 is 1.21 bits per heavy atom. The van der Waals surface area contributed by atoms with Gasteiger partial charge in [-0.05, 0) is 17.7 Å². The summed E-state index contributed by atoms with van der Waals surface area (Å²) in [5.41, 5.74) is 6.38. The zero-order chi connectivity index (χ0) is 13.8. The fourth-order valence-electron chi connectivity index (χ4n) is 1.60. The molecule has 2 aromatic carbocycles. The van der Waals surface area contributed by atoms with Crippen LogP contribution in [0, 0.1) is 15.9 Å². The van der Waals surface area contributed by atoms with Crippen molar-refractivity contribution in [3.8, 4) is 0 Å². The normalized spacial score (nSPS) is 10.4. The van der Waals surface area contributed by atoms with Crippen LogP contribution in [0.25, 0.3) is 0 Å². The minimum Gasteiger partial charge on any atom is -0.393 e. The van der Waals surface area contributed by atoms with Crippen molar-refractivity contribution in [2.45, 2.75) is 10.6 Å². The van der Waals surface area contributed by atoms with E-state index in [4.69, 9.17) is 5.73 Å². The van der Waals surface area contributed by atoms with Gasteiger partial charge >= 0.3 is 0 Å². The predicted molar refractivity (Wildman–Crippen MR) is 73.5 cm³/mol. The quantitative estimate of drug-likeness (QED) is 0.401. The monoisotopic (exact) mass is 278 g/mol. The summed E-state index contributed by atoms with van der Waals surface area (Å²) in [6.07, 6.45) is 0. The van der Waals surface area contributed by atoms with Crippen molar-refractivity contribution in [1.29, 1.82) is 0 Å². The number of para-hydroxylation sites is 1. The van der Waals surface area contributed by atoms with Crippen LogP contribution in [0.4, 0.5) is 15.8 Å². The molecule has 0 radical (unpaired) electrons. The van der Waals surface area contributed by atoms with Crippen molar-refractivity contribution in [3.05, 3.63) is 64.0 Å². The number of nitro groups is 1. The van der Waals surface area contributed by atoms with E-state index in [-0.39, 0.29) is 17.2 Å². The smallest absolute Gasteiger partial charge is 0.292 e. The van der Waals surface area contributed by atoms with E-state index in [0.717, 1.165) is 0 Å². The fraction of sp³-hybridized carbons (Fsp3) is 0.0769. The molecule has 4 nitrogen and oxygen atoms in total. The molecule has 6 heteroatoms. The first kappa shape index (κ1) is 13.4. The summed E-state index contributed by atoms with van der Waals surface area (Å²) in [5.74, 6) is 0.0746. The third kappa shape index (κ3) is 3.03. The van der Waals surface area contributed by atoms with Crippen LogP contribution in [0.3, 0.4) is 0 Å². The fourth-order valence-corrected chi connectivity index (χ4v) is 2.55. The summed E-state index contributed by atoms with van der Waals surface area (Å²) in [5, 5.41) is 10.8. The summed E-state index contributed by atoms with van der Waals surface area (Å²) in [6, 6.07) is 11.0. The Kier molecular flexibility index (Phi) is 4.01. The number of benzene rings is 2. The molecule has 2 rings (SSSR count). The van der Waals surface area contributed by atoms with E-state index in [2.05, 4.69) is 0 Å². The second-order valence-electron chi connectivity index (χ2n) is 3.83. The topological polar surface area (TPSA) is 69.2 Å². The number of hydrogen-bond donors (Lipinski definition) is 1. The Morgan fingerprint density at radius 3 is 2.63 bits per heavy atom. The van der Waals surface area contributed by atoms with Gasteiger partial charge in [-0.2, -0.15) is 0 Å². The lowest BCUT2D eigenvalue weighted by atomic mass is 10.2.